The Hall–Kier alpha value is -0.170. The van der Waals surface area contributed by atoms with Crippen LogP contribution < -0.4 is 0 Å². The van der Waals surface area contributed by atoms with Crippen molar-refractivity contribution in [3.05, 3.63) is 0 Å². The minimum atomic E-state index is -3.33. The van der Waals surface area contributed by atoms with E-state index < -0.39 is 10.2 Å². The molecule has 0 spiro atoms. The van der Waals surface area contributed by atoms with Crippen LogP contribution in [-0.2, 0) is 10.2 Å². The van der Waals surface area contributed by atoms with E-state index in [0.29, 0.717) is 19.6 Å². The third-order valence-corrected chi connectivity index (χ3v) is 6.46. The molecule has 19 heavy (non-hydrogen) atoms. The van der Waals surface area contributed by atoms with Gasteiger partial charge in [-0.05, 0) is 38.0 Å². The third kappa shape index (κ3) is 3.29. The summed E-state index contributed by atoms with van der Waals surface area (Å²) in [7, 11) is -3.33. The molecule has 5 nitrogen and oxygen atoms in total. The van der Waals surface area contributed by atoms with Crippen molar-refractivity contribution in [2.45, 2.75) is 51.5 Å². The second kappa shape index (κ2) is 6.52. The van der Waals surface area contributed by atoms with Gasteiger partial charge in [0, 0.05) is 32.3 Å². The van der Waals surface area contributed by atoms with E-state index in [1.807, 2.05) is 0 Å². The topological polar surface area (TPSA) is 60.9 Å². The highest BCUT2D eigenvalue weighted by Gasteiger charge is 2.37. The minimum Gasteiger partial charge on any atom is -0.396 e. The smallest absolute Gasteiger partial charge is 0.282 e. The Morgan fingerprint density at radius 3 is 2.63 bits per heavy atom. The predicted octanol–water partition coefficient (Wildman–Crippen LogP) is 1.20. The molecule has 6 heteroatoms. The van der Waals surface area contributed by atoms with E-state index in [4.69, 9.17) is 0 Å². The van der Waals surface area contributed by atoms with Gasteiger partial charge in [0.2, 0.25) is 0 Å². The lowest BCUT2D eigenvalue weighted by atomic mass is 10.0. The molecule has 2 aliphatic heterocycles. The number of aliphatic hydroxyl groups excluding tert-OH is 1. The number of hydrogen-bond donors (Lipinski definition) is 1. The number of nitrogens with zero attached hydrogens (tertiary/aromatic N) is 2. The van der Waals surface area contributed by atoms with E-state index in [9.17, 15) is 13.5 Å². The van der Waals surface area contributed by atoms with Gasteiger partial charge in [-0.2, -0.15) is 17.0 Å². The molecule has 0 aliphatic carbocycles. The monoisotopic (exact) mass is 290 g/mol. The van der Waals surface area contributed by atoms with E-state index in [-0.39, 0.29) is 18.6 Å². The molecule has 2 fully saturated rings. The molecule has 2 saturated heterocycles. The maximum Gasteiger partial charge on any atom is 0.282 e. The fourth-order valence-electron chi connectivity index (χ4n) is 3.22. The zero-order valence-corrected chi connectivity index (χ0v) is 12.6. The highest BCUT2D eigenvalue weighted by Crippen LogP contribution is 2.27. The zero-order valence-electron chi connectivity index (χ0n) is 11.8. The molecule has 0 radical (unpaired) electrons. The van der Waals surface area contributed by atoms with Gasteiger partial charge in [0.25, 0.3) is 10.2 Å². The number of hydrogen-bond acceptors (Lipinski definition) is 3. The molecule has 0 saturated carbocycles. The maximum absolute atomic E-state index is 12.7. The van der Waals surface area contributed by atoms with Crippen LogP contribution >= 0.6 is 0 Å². The first-order valence-corrected chi connectivity index (χ1v) is 8.87. The molecule has 0 amide bonds. The van der Waals surface area contributed by atoms with Gasteiger partial charge in [-0.25, -0.2) is 0 Å². The largest absolute Gasteiger partial charge is 0.396 e. The summed E-state index contributed by atoms with van der Waals surface area (Å²) in [6.07, 6.45) is 5.75. The SMILES string of the molecule is CCC1CCCCN1S(=O)(=O)N1CCCC(CO)C1. The quantitative estimate of drug-likeness (QED) is 0.846. The summed E-state index contributed by atoms with van der Waals surface area (Å²) < 4.78 is 28.8. The summed E-state index contributed by atoms with van der Waals surface area (Å²) in [5.74, 6) is 0.105. The van der Waals surface area contributed by atoms with Crippen LogP contribution in [0.15, 0.2) is 0 Å². The third-order valence-electron chi connectivity index (χ3n) is 4.41. The van der Waals surface area contributed by atoms with Gasteiger partial charge in [-0.1, -0.05) is 13.3 Å². The average molecular weight is 290 g/mol. The van der Waals surface area contributed by atoms with E-state index in [1.54, 1.807) is 8.61 Å². The summed E-state index contributed by atoms with van der Waals surface area (Å²) in [6.45, 7) is 3.88. The highest BCUT2D eigenvalue weighted by atomic mass is 32.2. The molecule has 2 aliphatic rings. The first-order chi connectivity index (χ1) is 9.09. The van der Waals surface area contributed by atoms with Gasteiger partial charge in [-0.3, -0.25) is 0 Å². The van der Waals surface area contributed by atoms with Gasteiger partial charge < -0.3 is 5.11 Å². The van der Waals surface area contributed by atoms with Crippen LogP contribution in [0.5, 0.6) is 0 Å². The molecule has 0 aromatic carbocycles. The normalized spacial score (nSPS) is 31.5. The molecule has 0 aromatic heterocycles. The lowest BCUT2D eigenvalue weighted by molar-refractivity contribution is 0.153. The summed E-state index contributed by atoms with van der Waals surface area (Å²) in [6, 6.07) is 0.160. The van der Waals surface area contributed by atoms with Crippen LogP contribution in [0.2, 0.25) is 0 Å². The maximum atomic E-state index is 12.7. The molecule has 1 N–H and O–H groups in total. The van der Waals surface area contributed by atoms with Crippen LogP contribution in [-0.4, -0.2) is 54.4 Å². The van der Waals surface area contributed by atoms with Crippen LogP contribution in [0.3, 0.4) is 0 Å². The molecule has 112 valence electrons. The van der Waals surface area contributed by atoms with Crippen LogP contribution in [0, 0.1) is 5.92 Å². The Bertz CT molecular complexity index is 385. The van der Waals surface area contributed by atoms with Crippen LogP contribution in [0.4, 0.5) is 0 Å². The minimum absolute atomic E-state index is 0.0865. The second-order valence-corrected chi connectivity index (χ2v) is 7.61. The molecule has 0 aromatic rings. The van der Waals surface area contributed by atoms with Crippen LogP contribution in [0.25, 0.3) is 0 Å². The number of rotatable bonds is 4. The Morgan fingerprint density at radius 1 is 1.16 bits per heavy atom. The summed E-state index contributed by atoms with van der Waals surface area (Å²) >= 11 is 0. The zero-order chi connectivity index (χ0) is 13.9. The van der Waals surface area contributed by atoms with Crippen molar-refractivity contribution in [2.24, 2.45) is 5.92 Å². The van der Waals surface area contributed by atoms with E-state index in [1.165, 1.54) is 0 Å². The Balaban J connectivity index is 2.11. The summed E-state index contributed by atoms with van der Waals surface area (Å²) in [5.41, 5.74) is 0. The number of aliphatic hydroxyl groups is 1. The first kappa shape index (κ1) is 15.2. The molecular formula is C13H26N2O3S. The lowest BCUT2D eigenvalue weighted by Gasteiger charge is -2.40. The van der Waals surface area contributed by atoms with Crippen molar-refractivity contribution in [2.75, 3.05) is 26.2 Å². The van der Waals surface area contributed by atoms with Gasteiger partial charge >= 0.3 is 0 Å². The number of piperidine rings is 2. The fourth-order valence-corrected chi connectivity index (χ4v) is 5.27. The van der Waals surface area contributed by atoms with Crippen molar-refractivity contribution in [3.63, 3.8) is 0 Å². The van der Waals surface area contributed by atoms with Crippen molar-refractivity contribution in [1.82, 2.24) is 8.61 Å². The second-order valence-electron chi connectivity index (χ2n) is 5.73. The van der Waals surface area contributed by atoms with E-state index >= 15 is 0 Å². The molecule has 2 unspecified atom stereocenters. The Morgan fingerprint density at radius 2 is 1.95 bits per heavy atom. The molecule has 2 rings (SSSR count). The standard InChI is InChI=1S/C13H26N2O3S/c1-2-13-7-3-4-9-15(13)19(17,18)14-8-5-6-12(10-14)11-16/h12-13,16H,2-11H2,1H3. The average Bonchev–Trinajstić information content (AvgIpc) is 2.47. The molecule has 0 bridgehead atoms. The molecular weight excluding hydrogens is 264 g/mol. The lowest BCUT2D eigenvalue weighted by Crippen LogP contribution is -2.53. The fraction of sp³-hybridized carbons (Fsp3) is 1.00. The Kier molecular flexibility index (Phi) is 5.22. The summed E-state index contributed by atoms with van der Waals surface area (Å²) in [5, 5.41) is 9.25. The molecule has 2 heterocycles. The Labute approximate surface area is 116 Å². The van der Waals surface area contributed by atoms with E-state index in [0.717, 1.165) is 38.5 Å². The van der Waals surface area contributed by atoms with Crippen molar-refractivity contribution in [1.29, 1.82) is 0 Å². The highest BCUT2D eigenvalue weighted by molar-refractivity contribution is 7.86. The van der Waals surface area contributed by atoms with Gasteiger partial charge in [0.15, 0.2) is 0 Å². The predicted molar refractivity (Wildman–Crippen MR) is 74.9 cm³/mol. The van der Waals surface area contributed by atoms with Crippen molar-refractivity contribution >= 4 is 10.2 Å². The van der Waals surface area contributed by atoms with Crippen molar-refractivity contribution in [3.8, 4) is 0 Å². The van der Waals surface area contributed by atoms with Gasteiger partial charge in [0.05, 0.1) is 0 Å². The first-order valence-electron chi connectivity index (χ1n) is 7.47. The van der Waals surface area contributed by atoms with Crippen LogP contribution in [0.1, 0.15) is 45.4 Å². The van der Waals surface area contributed by atoms with Crippen molar-refractivity contribution < 1.29 is 13.5 Å². The van der Waals surface area contributed by atoms with Gasteiger partial charge in [-0.15, -0.1) is 0 Å². The molecule has 2 atom stereocenters. The summed E-state index contributed by atoms with van der Waals surface area (Å²) in [4.78, 5) is 0. The van der Waals surface area contributed by atoms with E-state index in [2.05, 4.69) is 6.92 Å². The van der Waals surface area contributed by atoms with Gasteiger partial charge in [0.1, 0.15) is 0 Å².